The molecule has 0 unspecified atom stereocenters. The summed E-state index contributed by atoms with van der Waals surface area (Å²) in [4.78, 5) is 22.4. The van der Waals surface area contributed by atoms with Crippen LogP contribution < -0.4 is 10.1 Å². The number of hydrogen-bond acceptors (Lipinski definition) is 4. The monoisotopic (exact) mass is 266 g/mol. The third kappa shape index (κ3) is 4.97. The molecule has 0 fully saturated rings. The Balaban J connectivity index is 2.70. The summed E-state index contributed by atoms with van der Waals surface area (Å²) in [5.74, 6) is -1.25. The summed E-state index contributed by atoms with van der Waals surface area (Å²) in [6.45, 7) is 3.41. The van der Waals surface area contributed by atoms with Gasteiger partial charge in [0.25, 0.3) is 5.91 Å². The Bertz CT molecular complexity index is 446. The van der Waals surface area contributed by atoms with E-state index in [1.807, 2.05) is 0 Å². The Kier molecular flexibility index (Phi) is 5.81. The van der Waals surface area contributed by atoms with E-state index >= 15 is 0 Å². The lowest BCUT2D eigenvalue weighted by Gasteiger charge is -2.17. The fourth-order valence-corrected chi connectivity index (χ4v) is 1.30. The number of hydrogen-bond donors (Lipinski definition) is 2. The van der Waals surface area contributed by atoms with Crippen LogP contribution in [0.3, 0.4) is 0 Å². The molecule has 19 heavy (non-hydrogen) atoms. The highest BCUT2D eigenvalue weighted by Gasteiger charge is 2.12. The van der Waals surface area contributed by atoms with E-state index in [0.717, 1.165) is 0 Å². The Labute approximate surface area is 111 Å². The first-order chi connectivity index (χ1) is 9.04. The molecule has 1 amide bonds. The number of rotatable bonds is 7. The van der Waals surface area contributed by atoms with Gasteiger partial charge in [-0.2, -0.15) is 0 Å². The van der Waals surface area contributed by atoms with E-state index in [1.165, 1.54) is 13.2 Å². The van der Waals surface area contributed by atoms with Crippen LogP contribution in [0.1, 0.15) is 10.4 Å². The second kappa shape index (κ2) is 7.38. The van der Waals surface area contributed by atoms with Crippen molar-refractivity contribution in [2.24, 2.45) is 0 Å². The first-order valence-corrected chi connectivity index (χ1v) is 5.62. The number of aliphatic carboxylic acids is 1. The van der Waals surface area contributed by atoms with Crippen LogP contribution in [0, 0.1) is 6.92 Å². The van der Waals surface area contributed by atoms with Crippen molar-refractivity contribution in [3.63, 3.8) is 0 Å². The summed E-state index contributed by atoms with van der Waals surface area (Å²) >= 11 is 0. The van der Waals surface area contributed by atoms with Gasteiger partial charge < -0.3 is 26.8 Å². The van der Waals surface area contributed by atoms with E-state index in [1.54, 1.807) is 18.2 Å². The average Bonchev–Trinajstić information content (AvgIpc) is 2.42. The molecule has 2 N–H and O–H groups in total. The molecule has 0 saturated heterocycles. The quantitative estimate of drug-likeness (QED) is 0.711. The fourth-order valence-electron chi connectivity index (χ4n) is 1.30. The van der Waals surface area contributed by atoms with Gasteiger partial charge in [0.15, 0.2) is 6.61 Å². The molecule has 1 rings (SSSR count). The molecule has 0 aliphatic heterocycles. The normalized spacial score (nSPS) is 11.7. The summed E-state index contributed by atoms with van der Waals surface area (Å²) in [6.07, 6.45) is -0.351. The molecule has 104 valence electrons. The summed E-state index contributed by atoms with van der Waals surface area (Å²) in [5, 5.41) is 11.2. The molecule has 0 spiro atoms. The molecular weight excluding hydrogens is 250 g/mol. The van der Waals surface area contributed by atoms with E-state index in [0.29, 0.717) is 0 Å². The first-order valence-electron chi connectivity index (χ1n) is 5.62. The minimum Gasteiger partial charge on any atom is -0.481 e. The highest BCUT2D eigenvalue weighted by atomic mass is 16.5. The van der Waals surface area contributed by atoms with Crippen molar-refractivity contribution in [2.75, 3.05) is 20.3 Å². The van der Waals surface area contributed by atoms with Gasteiger partial charge in [0.05, 0.1) is 5.56 Å². The van der Waals surface area contributed by atoms with Crippen LogP contribution in [-0.2, 0) is 9.53 Å². The second-order valence-electron chi connectivity index (χ2n) is 3.75. The molecular formula is C13H16NO5-. The number of carboxylic acids is 1. The zero-order valence-corrected chi connectivity index (χ0v) is 10.6. The summed E-state index contributed by atoms with van der Waals surface area (Å²) < 4.78 is 9.96. The Morgan fingerprint density at radius 3 is 2.74 bits per heavy atom. The lowest BCUT2D eigenvalue weighted by atomic mass is 10.2. The third-order valence-corrected chi connectivity index (χ3v) is 2.31. The van der Waals surface area contributed by atoms with Gasteiger partial charge in [-0.05, 0) is 18.2 Å². The van der Waals surface area contributed by atoms with Crippen molar-refractivity contribution in [3.05, 3.63) is 36.8 Å². The molecule has 6 heteroatoms. The Hall–Kier alpha value is -2.08. The third-order valence-electron chi connectivity index (χ3n) is 2.31. The van der Waals surface area contributed by atoms with Gasteiger partial charge in [0.2, 0.25) is 0 Å². The molecule has 1 aromatic rings. The molecule has 6 nitrogen and oxygen atoms in total. The minimum absolute atomic E-state index is 0.223. The van der Waals surface area contributed by atoms with Crippen molar-refractivity contribution in [1.82, 2.24) is 5.32 Å². The van der Waals surface area contributed by atoms with E-state index in [9.17, 15) is 9.59 Å². The van der Waals surface area contributed by atoms with Crippen molar-refractivity contribution < 1.29 is 24.2 Å². The number of nitrogens with one attached hydrogen (secondary N) is 1. The summed E-state index contributed by atoms with van der Waals surface area (Å²) in [7, 11) is 1.49. The molecule has 1 atom stereocenters. The Morgan fingerprint density at radius 1 is 1.42 bits per heavy atom. The van der Waals surface area contributed by atoms with E-state index < -0.39 is 12.6 Å². The average molecular weight is 266 g/mol. The van der Waals surface area contributed by atoms with E-state index in [-0.39, 0.29) is 29.9 Å². The van der Waals surface area contributed by atoms with Crippen molar-refractivity contribution in [3.8, 4) is 5.75 Å². The van der Waals surface area contributed by atoms with Crippen molar-refractivity contribution in [2.45, 2.75) is 6.10 Å². The van der Waals surface area contributed by atoms with Gasteiger partial charge in [-0.25, -0.2) is 4.79 Å². The van der Waals surface area contributed by atoms with Crippen LogP contribution in [0.5, 0.6) is 5.75 Å². The van der Waals surface area contributed by atoms with Gasteiger partial charge in [-0.3, -0.25) is 4.79 Å². The summed E-state index contributed by atoms with van der Waals surface area (Å²) in [6, 6.07) is 6.42. The molecule has 0 bridgehead atoms. The first kappa shape index (κ1) is 15.0. The number of benzene rings is 1. The standard InChI is InChI=1S/C13H16NO5/c1-9(18-2)7-14-13(17)10-5-3-4-6-11(10)19-8-12(15)16/h3-6,9H,1,7-8H2,2H3,(H,14,17)(H,15,16)/q-1/t9-/m0/s1. The second-order valence-corrected chi connectivity index (χ2v) is 3.75. The molecule has 0 heterocycles. The van der Waals surface area contributed by atoms with Gasteiger partial charge in [0.1, 0.15) is 5.75 Å². The van der Waals surface area contributed by atoms with Crippen LogP contribution in [0.4, 0.5) is 0 Å². The summed E-state index contributed by atoms with van der Waals surface area (Å²) in [5.41, 5.74) is 0.270. The maximum absolute atomic E-state index is 11.9. The van der Waals surface area contributed by atoms with Gasteiger partial charge in [0, 0.05) is 13.7 Å². The van der Waals surface area contributed by atoms with Crippen LogP contribution in [0.15, 0.2) is 24.3 Å². The SMILES string of the molecule is [CH2-][C@@H](CNC(=O)c1ccccc1OCC(=O)O)OC. The van der Waals surface area contributed by atoms with Crippen molar-refractivity contribution in [1.29, 1.82) is 0 Å². The zero-order chi connectivity index (χ0) is 14.3. The molecule has 1 aromatic carbocycles. The van der Waals surface area contributed by atoms with Crippen LogP contribution in [0.25, 0.3) is 0 Å². The lowest BCUT2D eigenvalue weighted by molar-refractivity contribution is -0.139. The lowest BCUT2D eigenvalue weighted by Crippen LogP contribution is -2.32. The topological polar surface area (TPSA) is 84.9 Å². The van der Waals surface area contributed by atoms with Crippen LogP contribution in [0.2, 0.25) is 0 Å². The minimum atomic E-state index is -1.10. The Morgan fingerprint density at radius 2 is 2.11 bits per heavy atom. The van der Waals surface area contributed by atoms with E-state index in [4.69, 9.17) is 14.6 Å². The highest BCUT2D eigenvalue weighted by Crippen LogP contribution is 2.17. The molecule has 0 saturated carbocycles. The maximum Gasteiger partial charge on any atom is 0.341 e. The predicted molar refractivity (Wildman–Crippen MR) is 68.1 cm³/mol. The molecule has 0 aliphatic carbocycles. The maximum atomic E-state index is 11.9. The van der Waals surface area contributed by atoms with Gasteiger partial charge in [-0.15, -0.1) is 0 Å². The number of carboxylic acid groups (broad SMARTS) is 1. The van der Waals surface area contributed by atoms with Gasteiger partial charge >= 0.3 is 5.97 Å². The largest absolute Gasteiger partial charge is 0.481 e. The highest BCUT2D eigenvalue weighted by molar-refractivity contribution is 5.97. The van der Waals surface area contributed by atoms with Crippen LogP contribution in [-0.4, -0.2) is 43.3 Å². The number of methoxy groups -OCH3 is 1. The fraction of sp³-hybridized carbons (Fsp3) is 0.308. The smallest absolute Gasteiger partial charge is 0.341 e. The van der Waals surface area contributed by atoms with Gasteiger partial charge in [-0.1, -0.05) is 12.1 Å². The zero-order valence-electron chi connectivity index (χ0n) is 10.6. The predicted octanol–water partition coefficient (Wildman–Crippen LogP) is 0.729. The molecule has 0 radical (unpaired) electrons. The van der Waals surface area contributed by atoms with Crippen molar-refractivity contribution >= 4 is 11.9 Å². The number of carbonyl (C=O) groups is 2. The number of carbonyl (C=O) groups excluding carboxylic acids is 1. The number of para-hydroxylation sites is 1. The molecule has 0 aliphatic rings. The van der Waals surface area contributed by atoms with Crippen LogP contribution >= 0.6 is 0 Å². The number of amides is 1. The number of ether oxygens (including phenoxy) is 2. The van der Waals surface area contributed by atoms with E-state index in [2.05, 4.69) is 12.2 Å². The molecule has 0 aromatic heterocycles.